The average molecular weight is 241 g/mol. The van der Waals surface area contributed by atoms with Crippen LogP contribution in [0.5, 0.6) is 0 Å². The minimum atomic E-state index is -0.950. The van der Waals surface area contributed by atoms with Crippen molar-refractivity contribution in [3.8, 4) is 0 Å². The van der Waals surface area contributed by atoms with Crippen LogP contribution in [0.25, 0.3) is 0 Å². The Kier molecular flexibility index (Phi) is 4.54. The van der Waals surface area contributed by atoms with E-state index in [1.807, 2.05) is 18.7 Å². The second kappa shape index (κ2) is 5.52. The van der Waals surface area contributed by atoms with Crippen molar-refractivity contribution in [3.05, 3.63) is 0 Å². The maximum atomic E-state index is 12.1. The Labute approximate surface area is 103 Å². The number of carbonyl (C=O) groups is 2. The van der Waals surface area contributed by atoms with E-state index in [1.165, 1.54) is 6.42 Å². The van der Waals surface area contributed by atoms with Crippen molar-refractivity contribution in [2.24, 2.45) is 11.3 Å². The highest BCUT2D eigenvalue weighted by atomic mass is 16.4. The lowest BCUT2D eigenvalue weighted by molar-refractivity contribution is -0.155. The lowest BCUT2D eigenvalue weighted by Gasteiger charge is -2.33. The van der Waals surface area contributed by atoms with Crippen molar-refractivity contribution in [1.29, 1.82) is 0 Å². The average Bonchev–Trinajstić information content (AvgIpc) is 2.29. The predicted molar refractivity (Wildman–Crippen MR) is 65.6 cm³/mol. The molecule has 0 bridgehead atoms. The van der Waals surface area contributed by atoms with Gasteiger partial charge in [0.2, 0.25) is 5.91 Å². The van der Waals surface area contributed by atoms with E-state index in [1.54, 1.807) is 6.92 Å². The van der Waals surface area contributed by atoms with Crippen LogP contribution in [0.15, 0.2) is 0 Å². The second-order valence-corrected chi connectivity index (χ2v) is 5.50. The molecule has 0 saturated carbocycles. The summed E-state index contributed by atoms with van der Waals surface area (Å²) in [5.41, 5.74) is -0.950. The van der Waals surface area contributed by atoms with E-state index < -0.39 is 11.4 Å². The molecule has 17 heavy (non-hydrogen) atoms. The molecule has 98 valence electrons. The topological polar surface area (TPSA) is 57.6 Å². The molecule has 1 heterocycles. The normalized spacial score (nSPS) is 20.1. The van der Waals surface area contributed by atoms with Gasteiger partial charge in [0.05, 0.1) is 5.41 Å². The van der Waals surface area contributed by atoms with Gasteiger partial charge in [0, 0.05) is 19.5 Å². The standard InChI is InChI=1S/C13H23NO3/c1-10(2)13(3,12(16)17)9-11(15)14-7-5-4-6-8-14/h10H,4-9H2,1-3H3,(H,16,17). The first kappa shape index (κ1) is 14.0. The van der Waals surface area contributed by atoms with Gasteiger partial charge in [0.1, 0.15) is 0 Å². The molecule has 4 nitrogen and oxygen atoms in total. The molecule has 0 aromatic carbocycles. The van der Waals surface area contributed by atoms with Crippen molar-refractivity contribution < 1.29 is 14.7 Å². The minimum absolute atomic E-state index is 0.0108. The van der Waals surface area contributed by atoms with E-state index in [2.05, 4.69) is 0 Å². The summed E-state index contributed by atoms with van der Waals surface area (Å²) in [5, 5.41) is 9.28. The quantitative estimate of drug-likeness (QED) is 0.820. The maximum Gasteiger partial charge on any atom is 0.310 e. The van der Waals surface area contributed by atoms with Crippen LogP contribution < -0.4 is 0 Å². The van der Waals surface area contributed by atoms with Gasteiger partial charge in [-0.25, -0.2) is 0 Å². The van der Waals surface area contributed by atoms with Crippen molar-refractivity contribution in [1.82, 2.24) is 4.90 Å². The van der Waals surface area contributed by atoms with Gasteiger partial charge in [-0.3, -0.25) is 9.59 Å². The largest absolute Gasteiger partial charge is 0.481 e. The zero-order valence-corrected chi connectivity index (χ0v) is 11.0. The summed E-state index contributed by atoms with van der Waals surface area (Å²) >= 11 is 0. The predicted octanol–water partition coefficient (Wildman–Crippen LogP) is 2.14. The number of rotatable bonds is 4. The van der Waals surface area contributed by atoms with Crippen LogP contribution >= 0.6 is 0 Å². The SMILES string of the molecule is CC(C)C(C)(CC(=O)N1CCCCC1)C(=O)O. The summed E-state index contributed by atoms with van der Waals surface area (Å²) in [7, 11) is 0. The number of nitrogens with zero attached hydrogens (tertiary/aromatic N) is 1. The summed E-state index contributed by atoms with van der Waals surface area (Å²) in [5.74, 6) is -0.935. The van der Waals surface area contributed by atoms with Crippen molar-refractivity contribution in [3.63, 3.8) is 0 Å². The summed E-state index contributed by atoms with van der Waals surface area (Å²) in [6.45, 7) is 6.95. The van der Waals surface area contributed by atoms with Crippen LogP contribution in [0.2, 0.25) is 0 Å². The molecular weight excluding hydrogens is 218 g/mol. The van der Waals surface area contributed by atoms with E-state index in [4.69, 9.17) is 0 Å². The number of amides is 1. The molecule has 4 heteroatoms. The fraction of sp³-hybridized carbons (Fsp3) is 0.846. The molecule has 1 N–H and O–H groups in total. The lowest BCUT2D eigenvalue weighted by Crippen LogP contribution is -2.42. The minimum Gasteiger partial charge on any atom is -0.481 e. The van der Waals surface area contributed by atoms with Gasteiger partial charge in [-0.1, -0.05) is 13.8 Å². The Balaban J connectivity index is 2.67. The third-order valence-corrected chi connectivity index (χ3v) is 3.99. The van der Waals surface area contributed by atoms with Gasteiger partial charge in [0.15, 0.2) is 0 Å². The van der Waals surface area contributed by atoms with Crippen LogP contribution in [-0.4, -0.2) is 35.0 Å². The first-order chi connectivity index (χ1) is 7.88. The fourth-order valence-electron chi connectivity index (χ4n) is 2.10. The molecule has 1 unspecified atom stereocenters. The molecular formula is C13H23NO3. The van der Waals surface area contributed by atoms with Crippen LogP contribution in [0.1, 0.15) is 46.5 Å². The zero-order chi connectivity index (χ0) is 13.1. The molecule has 1 fully saturated rings. The Morgan fingerprint density at radius 2 is 1.76 bits per heavy atom. The van der Waals surface area contributed by atoms with Gasteiger partial charge in [-0.05, 0) is 32.1 Å². The Morgan fingerprint density at radius 3 is 2.18 bits per heavy atom. The number of likely N-dealkylation sites (tertiary alicyclic amines) is 1. The van der Waals surface area contributed by atoms with Crippen molar-refractivity contribution in [2.75, 3.05) is 13.1 Å². The Morgan fingerprint density at radius 1 is 1.24 bits per heavy atom. The van der Waals surface area contributed by atoms with Crippen LogP contribution in [0.3, 0.4) is 0 Å². The first-order valence-electron chi connectivity index (χ1n) is 6.39. The van der Waals surface area contributed by atoms with Crippen LogP contribution in [0, 0.1) is 11.3 Å². The van der Waals surface area contributed by atoms with E-state index in [-0.39, 0.29) is 18.2 Å². The van der Waals surface area contributed by atoms with Crippen molar-refractivity contribution in [2.45, 2.75) is 46.5 Å². The van der Waals surface area contributed by atoms with E-state index >= 15 is 0 Å². The first-order valence-corrected chi connectivity index (χ1v) is 6.39. The summed E-state index contributed by atoms with van der Waals surface area (Å²) in [4.78, 5) is 25.2. The Hall–Kier alpha value is -1.06. The van der Waals surface area contributed by atoms with Crippen LogP contribution in [0.4, 0.5) is 0 Å². The molecule has 0 radical (unpaired) electrons. The number of piperidine rings is 1. The molecule has 0 aromatic rings. The van der Waals surface area contributed by atoms with Gasteiger partial charge >= 0.3 is 5.97 Å². The highest BCUT2D eigenvalue weighted by Crippen LogP contribution is 2.32. The molecule has 0 aliphatic carbocycles. The Bertz CT molecular complexity index is 295. The molecule has 1 amide bonds. The third kappa shape index (κ3) is 3.20. The highest BCUT2D eigenvalue weighted by molar-refractivity contribution is 5.85. The number of hydrogen-bond donors (Lipinski definition) is 1. The third-order valence-electron chi connectivity index (χ3n) is 3.99. The maximum absolute atomic E-state index is 12.1. The molecule has 1 rings (SSSR count). The summed E-state index contributed by atoms with van der Waals surface area (Å²) in [6.07, 6.45) is 3.36. The molecule has 0 spiro atoms. The summed E-state index contributed by atoms with van der Waals surface area (Å²) < 4.78 is 0. The molecule has 1 atom stereocenters. The van der Waals surface area contributed by atoms with E-state index in [9.17, 15) is 14.7 Å². The number of carboxylic acids is 1. The van der Waals surface area contributed by atoms with Crippen molar-refractivity contribution >= 4 is 11.9 Å². The summed E-state index contributed by atoms with van der Waals surface area (Å²) in [6, 6.07) is 0. The lowest BCUT2D eigenvalue weighted by atomic mass is 9.76. The van der Waals surface area contributed by atoms with Gasteiger partial charge in [-0.2, -0.15) is 0 Å². The molecule has 1 saturated heterocycles. The van der Waals surface area contributed by atoms with Crippen LogP contribution in [-0.2, 0) is 9.59 Å². The molecule has 1 aliphatic heterocycles. The van der Waals surface area contributed by atoms with Gasteiger partial charge in [-0.15, -0.1) is 0 Å². The number of aliphatic carboxylic acids is 1. The van der Waals surface area contributed by atoms with Gasteiger partial charge < -0.3 is 10.0 Å². The van der Waals surface area contributed by atoms with Gasteiger partial charge in [0.25, 0.3) is 0 Å². The fourth-order valence-corrected chi connectivity index (χ4v) is 2.10. The molecule has 1 aliphatic rings. The smallest absolute Gasteiger partial charge is 0.310 e. The zero-order valence-electron chi connectivity index (χ0n) is 11.0. The number of hydrogen-bond acceptors (Lipinski definition) is 2. The monoisotopic (exact) mass is 241 g/mol. The van der Waals surface area contributed by atoms with E-state index in [0.717, 1.165) is 25.9 Å². The number of carbonyl (C=O) groups excluding carboxylic acids is 1. The number of carboxylic acid groups (broad SMARTS) is 1. The molecule has 0 aromatic heterocycles. The second-order valence-electron chi connectivity index (χ2n) is 5.50. The van der Waals surface area contributed by atoms with E-state index in [0.29, 0.717) is 0 Å². The highest BCUT2D eigenvalue weighted by Gasteiger charge is 2.39.